The number of ether oxygens (including phenoxy) is 1. The molecule has 0 radical (unpaired) electrons. The third-order valence-electron chi connectivity index (χ3n) is 2.71. The fourth-order valence-corrected chi connectivity index (χ4v) is 2.05. The molecular weight excluding hydrogens is 306 g/mol. The van der Waals surface area contributed by atoms with E-state index >= 15 is 0 Å². The van der Waals surface area contributed by atoms with E-state index in [-0.39, 0.29) is 0 Å². The summed E-state index contributed by atoms with van der Waals surface area (Å²) in [6.07, 6.45) is 1.82. The normalized spacial score (nSPS) is 11.4. The molecule has 1 aromatic heterocycles. The summed E-state index contributed by atoms with van der Waals surface area (Å²) >= 11 is 3.32. The zero-order valence-electron chi connectivity index (χ0n) is 10.6. The second-order valence-electron chi connectivity index (χ2n) is 3.74. The molecule has 0 aliphatic rings. The van der Waals surface area contributed by atoms with Gasteiger partial charge in [0.15, 0.2) is 5.49 Å². The molecule has 2 aromatic rings. The van der Waals surface area contributed by atoms with E-state index in [1.54, 1.807) is 11.8 Å². The molecule has 0 spiro atoms. The summed E-state index contributed by atoms with van der Waals surface area (Å²) in [6, 6.07) is 11.8. The fraction of sp³-hybridized carbons (Fsp3) is 0.143. The molecule has 1 heterocycles. The molecule has 1 aromatic carbocycles. The number of rotatable bonds is 4. The molecule has 0 bridgehead atoms. The van der Waals surface area contributed by atoms with Gasteiger partial charge < -0.3 is 4.74 Å². The van der Waals surface area contributed by atoms with E-state index in [0.29, 0.717) is 5.45 Å². The Hall–Kier alpha value is -1.88. The smallest absolute Gasteiger partial charge is 0.157 e. The molecule has 2 rings (SSSR count). The Morgan fingerprint density at radius 2 is 2.00 bits per heavy atom. The lowest BCUT2D eigenvalue weighted by Gasteiger charge is -2.07. The van der Waals surface area contributed by atoms with Gasteiger partial charge in [0.2, 0.25) is 0 Å². The highest BCUT2D eigenvalue weighted by Gasteiger charge is 2.03. The second kappa shape index (κ2) is 6.33. The number of halogens is 1. The maximum Gasteiger partial charge on any atom is 0.157 e. The number of alkyl halides is 1. The Bertz CT molecular complexity index is 632. The van der Waals surface area contributed by atoms with Crippen molar-refractivity contribution in [2.24, 2.45) is 10.1 Å². The van der Waals surface area contributed by atoms with Crippen LogP contribution < -0.4 is 10.2 Å². The predicted molar refractivity (Wildman–Crippen MR) is 80.7 cm³/mol. The SMILES string of the molecule is C=Nn1cccc(-c2ccc(OC)cc2)/c1=N/CBr. The van der Waals surface area contributed by atoms with Crippen molar-refractivity contribution < 1.29 is 4.74 Å². The van der Waals surface area contributed by atoms with Crippen LogP contribution in [0.4, 0.5) is 0 Å². The quantitative estimate of drug-likeness (QED) is 0.485. The highest BCUT2D eigenvalue weighted by molar-refractivity contribution is 9.09. The molecule has 0 aliphatic carbocycles. The molecule has 4 nitrogen and oxygen atoms in total. The van der Waals surface area contributed by atoms with Crippen molar-refractivity contribution in [3.8, 4) is 16.9 Å². The number of methoxy groups -OCH3 is 1. The van der Waals surface area contributed by atoms with Gasteiger partial charge in [-0.3, -0.25) is 4.99 Å². The minimum atomic E-state index is 0.510. The first-order valence-electron chi connectivity index (χ1n) is 5.69. The number of hydrogen-bond donors (Lipinski definition) is 0. The van der Waals surface area contributed by atoms with Gasteiger partial charge in [-0.15, -0.1) is 0 Å². The molecule has 0 saturated carbocycles. The molecule has 0 fully saturated rings. The van der Waals surface area contributed by atoms with Crippen LogP contribution in [0.2, 0.25) is 0 Å². The predicted octanol–water partition coefficient (Wildman–Crippen LogP) is 2.88. The third-order valence-corrected chi connectivity index (χ3v) is 2.96. The van der Waals surface area contributed by atoms with Crippen molar-refractivity contribution >= 4 is 22.6 Å². The van der Waals surface area contributed by atoms with Crippen LogP contribution in [0.3, 0.4) is 0 Å². The molecule has 0 atom stereocenters. The number of nitrogens with zero attached hydrogens (tertiary/aromatic N) is 3. The van der Waals surface area contributed by atoms with Gasteiger partial charge in [-0.25, -0.2) is 4.68 Å². The highest BCUT2D eigenvalue weighted by atomic mass is 79.9. The summed E-state index contributed by atoms with van der Waals surface area (Å²) in [5, 5.41) is 3.94. The molecule has 98 valence electrons. The summed E-state index contributed by atoms with van der Waals surface area (Å²) < 4.78 is 6.82. The first kappa shape index (κ1) is 13.5. The average Bonchev–Trinajstić information content (AvgIpc) is 2.48. The van der Waals surface area contributed by atoms with Crippen molar-refractivity contribution in [2.45, 2.75) is 0 Å². The van der Waals surface area contributed by atoms with Crippen LogP contribution in [0.1, 0.15) is 0 Å². The summed E-state index contributed by atoms with van der Waals surface area (Å²) in [5.41, 5.74) is 3.32. The molecule has 0 aliphatic heterocycles. The van der Waals surface area contributed by atoms with Gasteiger partial charge in [-0.05, 0) is 29.8 Å². The van der Waals surface area contributed by atoms with Gasteiger partial charge in [0.1, 0.15) is 5.75 Å². The Labute approximate surface area is 120 Å². The fourth-order valence-electron chi connectivity index (χ4n) is 1.81. The number of aromatic nitrogens is 1. The van der Waals surface area contributed by atoms with E-state index in [2.05, 4.69) is 32.7 Å². The monoisotopic (exact) mass is 319 g/mol. The van der Waals surface area contributed by atoms with Crippen molar-refractivity contribution in [1.29, 1.82) is 0 Å². The molecule has 0 unspecified atom stereocenters. The number of pyridine rings is 1. The largest absolute Gasteiger partial charge is 0.497 e. The molecule has 0 saturated heterocycles. The zero-order valence-corrected chi connectivity index (χ0v) is 12.2. The number of hydrogen-bond acceptors (Lipinski definition) is 3. The topological polar surface area (TPSA) is 38.9 Å². The Morgan fingerprint density at radius 1 is 1.26 bits per heavy atom. The van der Waals surface area contributed by atoms with Gasteiger partial charge in [-0.2, -0.15) is 5.10 Å². The van der Waals surface area contributed by atoms with Crippen LogP contribution in [0, 0.1) is 0 Å². The lowest BCUT2D eigenvalue weighted by Crippen LogP contribution is -2.19. The van der Waals surface area contributed by atoms with Gasteiger partial charge in [-0.1, -0.05) is 28.1 Å². The van der Waals surface area contributed by atoms with E-state index < -0.39 is 0 Å². The summed E-state index contributed by atoms with van der Waals surface area (Å²) in [5.74, 6) is 0.827. The van der Waals surface area contributed by atoms with E-state index in [4.69, 9.17) is 4.74 Å². The first-order valence-corrected chi connectivity index (χ1v) is 6.82. The summed E-state index contributed by atoms with van der Waals surface area (Å²) in [4.78, 5) is 4.41. The standard InChI is InChI=1S/C14H14BrN3O/c1-16-18-9-3-4-13(14(18)17-10-15)11-5-7-12(19-2)8-6-11/h3-9H,1,10H2,2H3/b17-14-. The van der Waals surface area contributed by atoms with Crippen molar-refractivity contribution in [3.05, 3.63) is 48.1 Å². The van der Waals surface area contributed by atoms with E-state index in [1.165, 1.54) is 0 Å². The summed E-state index contributed by atoms with van der Waals surface area (Å²) in [6.45, 7) is 3.55. The maximum atomic E-state index is 5.16. The van der Waals surface area contributed by atoms with Crippen LogP contribution in [0.15, 0.2) is 52.7 Å². The minimum absolute atomic E-state index is 0.510. The van der Waals surface area contributed by atoms with Gasteiger partial charge >= 0.3 is 0 Å². The molecule has 19 heavy (non-hydrogen) atoms. The molecular formula is C14H14BrN3O. The Balaban J connectivity index is 2.60. The van der Waals surface area contributed by atoms with E-state index in [9.17, 15) is 0 Å². The van der Waals surface area contributed by atoms with E-state index in [1.807, 2.05) is 42.6 Å². The van der Waals surface area contributed by atoms with Crippen molar-refractivity contribution in [1.82, 2.24) is 4.68 Å². The van der Waals surface area contributed by atoms with E-state index in [0.717, 1.165) is 22.4 Å². The van der Waals surface area contributed by atoms with Crippen LogP contribution in [0.5, 0.6) is 5.75 Å². The summed E-state index contributed by atoms with van der Waals surface area (Å²) in [7, 11) is 1.65. The molecule has 0 amide bonds. The van der Waals surface area contributed by atoms with Crippen LogP contribution in [-0.4, -0.2) is 24.0 Å². The third kappa shape index (κ3) is 2.93. The first-order chi connectivity index (χ1) is 9.30. The minimum Gasteiger partial charge on any atom is -0.497 e. The lowest BCUT2D eigenvalue weighted by atomic mass is 10.1. The van der Waals surface area contributed by atoms with Crippen molar-refractivity contribution in [2.75, 3.05) is 12.6 Å². The van der Waals surface area contributed by atoms with Gasteiger partial charge in [0.25, 0.3) is 0 Å². The second-order valence-corrected chi connectivity index (χ2v) is 4.24. The highest BCUT2D eigenvalue weighted by Crippen LogP contribution is 2.19. The zero-order chi connectivity index (χ0) is 13.7. The maximum absolute atomic E-state index is 5.16. The number of benzene rings is 1. The van der Waals surface area contributed by atoms with Crippen LogP contribution in [-0.2, 0) is 0 Å². The van der Waals surface area contributed by atoms with Crippen LogP contribution in [0.25, 0.3) is 11.1 Å². The molecule has 5 heteroatoms. The van der Waals surface area contributed by atoms with Crippen LogP contribution >= 0.6 is 15.9 Å². The Morgan fingerprint density at radius 3 is 2.58 bits per heavy atom. The van der Waals surface area contributed by atoms with Gasteiger partial charge in [0.05, 0.1) is 12.6 Å². The van der Waals surface area contributed by atoms with Crippen molar-refractivity contribution in [3.63, 3.8) is 0 Å². The lowest BCUT2D eigenvalue weighted by molar-refractivity contribution is 0.415. The molecule has 0 N–H and O–H groups in total. The average molecular weight is 320 g/mol. The Kier molecular flexibility index (Phi) is 4.52. The van der Waals surface area contributed by atoms with Gasteiger partial charge in [0, 0.05) is 18.5 Å².